The van der Waals surface area contributed by atoms with E-state index in [0.717, 1.165) is 30.3 Å². The molecule has 0 spiro atoms. The minimum Gasteiger partial charge on any atom is -0.493 e. The van der Waals surface area contributed by atoms with Crippen molar-refractivity contribution in [2.75, 3.05) is 0 Å². The van der Waals surface area contributed by atoms with Crippen molar-refractivity contribution in [3.63, 3.8) is 0 Å². The van der Waals surface area contributed by atoms with Crippen molar-refractivity contribution in [1.29, 1.82) is 5.26 Å². The van der Waals surface area contributed by atoms with Crippen molar-refractivity contribution in [3.05, 3.63) is 75.7 Å². The maximum Gasteiger partial charge on any atom is 0.226 e. The Kier molecular flexibility index (Phi) is 6.11. The predicted molar refractivity (Wildman–Crippen MR) is 84.3 cm³/mol. The number of aromatic nitrogens is 2. The van der Waals surface area contributed by atoms with Gasteiger partial charge in [-0.15, -0.1) is 0 Å². The third-order valence-electron chi connectivity index (χ3n) is 3.93. The van der Waals surface area contributed by atoms with Crippen LogP contribution in [-0.4, -0.2) is 20.7 Å². The van der Waals surface area contributed by atoms with Gasteiger partial charge in [-0.3, -0.25) is 4.79 Å². The Morgan fingerprint density at radius 2 is 1.55 bits per heavy atom. The van der Waals surface area contributed by atoms with Gasteiger partial charge in [-0.2, -0.15) is 15.0 Å². The molecule has 3 aromatic rings. The van der Waals surface area contributed by atoms with E-state index < -0.39 is 57.6 Å². The van der Waals surface area contributed by atoms with Crippen LogP contribution in [0.4, 0.5) is 22.0 Å². The summed E-state index contributed by atoms with van der Waals surface area (Å²) in [6.07, 6.45) is 0. The molecular formula is C18H8F5MnN3O2. The molecule has 149 valence electrons. The average Bonchev–Trinajstić information content (AvgIpc) is 2.95. The molecular weight excluding hydrogens is 440 g/mol. The number of hydrogen-bond acceptors (Lipinski definition) is 4. The Balaban J connectivity index is 0.00000300. The Labute approximate surface area is 170 Å². The first-order valence-corrected chi connectivity index (χ1v) is 7.54. The van der Waals surface area contributed by atoms with E-state index in [0.29, 0.717) is 0 Å². The fraction of sp³-hybridized carbons (Fsp3) is 0.0556. The van der Waals surface area contributed by atoms with E-state index in [-0.39, 0.29) is 33.0 Å². The summed E-state index contributed by atoms with van der Waals surface area (Å²) in [4.78, 5) is 12.5. The topological polar surface area (TPSA) is 78.9 Å². The molecule has 0 aliphatic heterocycles. The summed E-state index contributed by atoms with van der Waals surface area (Å²) in [5.41, 5.74) is -3.71. The molecule has 5 nitrogen and oxygen atoms in total. The van der Waals surface area contributed by atoms with Gasteiger partial charge in [0.05, 0.1) is 5.69 Å². The third-order valence-corrected chi connectivity index (χ3v) is 3.93. The zero-order valence-corrected chi connectivity index (χ0v) is 15.5. The normalized spacial score (nSPS) is 10.4. The predicted octanol–water partition coefficient (Wildman–Crippen LogP) is 3.68. The van der Waals surface area contributed by atoms with Crippen LogP contribution >= 0.6 is 0 Å². The molecule has 3 rings (SSSR count). The first-order valence-electron chi connectivity index (χ1n) is 7.54. The molecule has 1 N–H and O–H groups in total. The number of nitrogens with zero attached hydrogens (tertiary/aromatic N) is 3. The van der Waals surface area contributed by atoms with E-state index in [4.69, 9.17) is 5.26 Å². The number of carbonyl (C=O) groups excluding carboxylic acids is 1. The summed E-state index contributed by atoms with van der Waals surface area (Å²) >= 11 is 0. The van der Waals surface area contributed by atoms with Gasteiger partial charge in [-0.05, 0) is 31.2 Å². The molecule has 0 aliphatic carbocycles. The van der Waals surface area contributed by atoms with Crippen LogP contribution in [0.1, 0.15) is 27.2 Å². The molecule has 29 heavy (non-hydrogen) atoms. The van der Waals surface area contributed by atoms with Crippen molar-refractivity contribution < 1.29 is 48.9 Å². The number of hydrogen-bond donors (Lipinski definition) is 1. The van der Waals surface area contributed by atoms with Crippen LogP contribution in [0.2, 0.25) is 0 Å². The molecule has 2 aromatic carbocycles. The molecule has 0 bridgehead atoms. The van der Waals surface area contributed by atoms with E-state index in [1.165, 1.54) is 6.92 Å². The monoisotopic (exact) mass is 448 g/mol. The van der Waals surface area contributed by atoms with Gasteiger partial charge < -0.3 is 5.11 Å². The number of halogens is 5. The summed E-state index contributed by atoms with van der Waals surface area (Å²) in [6.45, 7) is 1.21. The molecule has 0 saturated heterocycles. The smallest absolute Gasteiger partial charge is 0.226 e. The largest absolute Gasteiger partial charge is 0.493 e. The molecule has 0 atom stereocenters. The average molecular weight is 448 g/mol. The van der Waals surface area contributed by atoms with Crippen molar-refractivity contribution >= 4 is 5.78 Å². The second-order valence-corrected chi connectivity index (χ2v) is 5.62. The number of carbonyl (C=O) groups is 1. The summed E-state index contributed by atoms with van der Waals surface area (Å²) in [5.74, 6) is -10.5. The second-order valence-electron chi connectivity index (χ2n) is 5.62. The number of ketones is 1. The molecule has 0 unspecified atom stereocenters. The van der Waals surface area contributed by atoms with E-state index in [1.54, 1.807) is 0 Å². The van der Waals surface area contributed by atoms with Crippen LogP contribution in [0.5, 0.6) is 5.88 Å². The van der Waals surface area contributed by atoms with Gasteiger partial charge in [0.2, 0.25) is 5.88 Å². The van der Waals surface area contributed by atoms with Crippen LogP contribution in [-0.2, 0) is 17.1 Å². The van der Waals surface area contributed by atoms with Gasteiger partial charge in [0, 0.05) is 22.6 Å². The van der Waals surface area contributed by atoms with Gasteiger partial charge in [0.25, 0.3) is 0 Å². The van der Waals surface area contributed by atoms with Gasteiger partial charge >= 0.3 is 0 Å². The van der Waals surface area contributed by atoms with Crippen molar-refractivity contribution in [2.45, 2.75) is 6.92 Å². The summed E-state index contributed by atoms with van der Waals surface area (Å²) in [7, 11) is 0. The molecule has 11 heteroatoms. The zero-order valence-electron chi connectivity index (χ0n) is 14.3. The van der Waals surface area contributed by atoms with Crippen LogP contribution in [0.3, 0.4) is 0 Å². The zero-order chi connectivity index (χ0) is 20.7. The summed E-state index contributed by atoms with van der Waals surface area (Å²) in [6, 6.07) is 5.17. The van der Waals surface area contributed by atoms with Gasteiger partial charge in [-0.25, -0.2) is 22.0 Å². The molecule has 0 saturated carbocycles. The number of nitriles is 1. The summed E-state index contributed by atoms with van der Waals surface area (Å²) in [5, 5.41) is 22.5. The van der Waals surface area contributed by atoms with E-state index in [2.05, 4.69) is 5.10 Å². The molecule has 1 aromatic heterocycles. The number of aromatic hydroxyl groups is 1. The third kappa shape index (κ3) is 3.48. The van der Waals surface area contributed by atoms with Crippen molar-refractivity contribution in [1.82, 2.24) is 9.78 Å². The molecule has 0 fully saturated rings. The number of rotatable bonds is 3. The number of benzene rings is 2. The fourth-order valence-electron chi connectivity index (χ4n) is 2.59. The van der Waals surface area contributed by atoms with Crippen LogP contribution in [0.15, 0.2) is 24.3 Å². The fourth-order valence-corrected chi connectivity index (χ4v) is 2.59. The maximum absolute atomic E-state index is 14.2. The van der Waals surface area contributed by atoms with Crippen LogP contribution in [0, 0.1) is 47.3 Å². The first-order chi connectivity index (χ1) is 13.2. The van der Waals surface area contributed by atoms with Gasteiger partial charge in [-0.1, -0.05) is 0 Å². The van der Waals surface area contributed by atoms with Gasteiger partial charge in [0.15, 0.2) is 29.1 Å². The minimum absolute atomic E-state index is 0. The Morgan fingerprint density at radius 3 is 2.03 bits per heavy atom. The molecule has 0 amide bonds. The van der Waals surface area contributed by atoms with Crippen molar-refractivity contribution in [2.24, 2.45) is 0 Å². The maximum atomic E-state index is 14.2. The quantitative estimate of drug-likeness (QED) is 0.287. The summed E-state index contributed by atoms with van der Waals surface area (Å²) < 4.78 is 69.3. The molecule has 0 aliphatic rings. The molecule has 1 heterocycles. The standard InChI is InChI=1S/C18H8F5N3O2.Mn/c1-7-11(17(27)8-2-4-9(19)5-3-8)18(28)26(25-7)16-14(22)12(20)10(6-24)13(21)15(16)23;/h2-5,28H,1H3;. The van der Waals surface area contributed by atoms with Crippen molar-refractivity contribution in [3.8, 4) is 17.6 Å². The second kappa shape index (κ2) is 8.03. The first kappa shape index (κ1) is 22.1. The Bertz CT molecular complexity index is 1140. The van der Waals surface area contributed by atoms with Crippen LogP contribution in [0.25, 0.3) is 5.69 Å². The molecule has 1 radical (unpaired) electrons. The minimum atomic E-state index is -1.98. The van der Waals surface area contributed by atoms with E-state index in [9.17, 15) is 31.9 Å². The van der Waals surface area contributed by atoms with E-state index in [1.807, 2.05) is 0 Å². The SMILES string of the molecule is Cc1nn(-c2c(F)c(F)c(C#N)c(F)c2F)c(O)c1C(=O)c1ccc(F)cc1.[Mn]. The van der Waals surface area contributed by atoms with Crippen LogP contribution < -0.4 is 0 Å². The van der Waals surface area contributed by atoms with Gasteiger partial charge in [0.1, 0.15) is 28.7 Å². The van der Waals surface area contributed by atoms with E-state index >= 15 is 0 Å². The Hall–Kier alpha value is -3.22. The number of aryl methyl sites for hydroxylation is 1. The Morgan fingerprint density at radius 1 is 1.03 bits per heavy atom.